The first kappa shape index (κ1) is 25.7. The molecule has 2 N–H and O–H groups in total. The van der Waals surface area contributed by atoms with Crippen LogP contribution in [0.3, 0.4) is 0 Å². The van der Waals surface area contributed by atoms with Gasteiger partial charge in [0.05, 0.1) is 24.6 Å². The Kier molecular flexibility index (Phi) is 7.96. The number of fused-ring (bicyclic) bond motifs is 1. The number of likely N-dealkylation sites (tertiary alicyclic amines) is 2. The lowest BCUT2D eigenvalue weighted by atomic mass is 9.74. The van der Waals surface area contributed by atoms with Gasteiger partial charge < -0.3 is 25.2 Å². The normalized spacial score (nSPS) is 25.5. The average Bonchev–Trinajstić information content (AvgIpc) is 2.89. The number of methoxy groups -OCH3 is 1. The fourth-order valence-electron chi connectivity index (χ4n) is 5.60. The van der Waals surface area contributed by atoms with E-state index < -0.39 is 5.41 Å². The number of ether oxygens (including phenoxy) is 1. The molecule has 4 rings (SSSR count). The first-order valence-corrected chi connectivity index (χ1v) is 12.7. The average molecular weight is 497 g/mol. The number of nitrogens with zero attached hydrogens (tertiary/aromatic N) is 2. The summed E-state index contributed by atoms with van der Waals surface area (Å²) in [5.74, 6) is 0.208. The zero-order chi connectivity index (χ0) is 25.7. The second-order valence-electron chi connectivity index (χ2n) is 10.1. The number of hydrogen-bond acceptors (Lipinski definition) is 5. The minimum atomic E-state index is -0.625. The van der Waals surface area contributed by atoms with E-state index in [1.54, 1.807) is 31.1 Å². The van der Waals surface area contributed by atoms with E-state index in [1.165, 1.54) is 0 Å². The van der Waals surface area contributed by atoms with Crippen LogP contribution in [0.5, 0.6) is 5.75 Å². The number of piperidine rings is 2. The van der Waals surface area contributed by atoms with E-state index in [9.17, 15) is 19.2 Å². The van der Waals surface area contributed by atoms with Gasteiger partial charge in [-0.15, -0.1) is 0 Å². The van der Waals surface area contributed by atoms with E-state index in [0.29, 0.717) is 69.6 Å². The lowest BCUT2D eigenvalue weighted by Gasteiger charge is -2.41. The van der Waals surface area contributed by atoms with Crippen LogP contribution in [0.1, 0.15) is 49.4 Å². The molecule has 4 amide bonds. The monoisotopic (exact) mass is 496 g/mol. The van der Waals surface area contributed by atoms with Crippen molar-refractivity contribution in [2.45, 2.75) is 45.1 Å². The highest BCUT2D eigenvalue weighted by molar-refractivity contribution is 5.97. The van der Waals surface area contributed by atoms with Crippen molar-refractivity contribution in [3.63, 3.8) is 0 Å². The molecule has 3 aliphatic heterocycles. The van der Waals surface area contributed by atoms with Crippen molar-refractivity contribution in [3.8, 4) is 5.75 Å². The molecule has 2 atom stereocenters. The molecule has 0 aliphatic carbocycles. The van der Waals surface area contributed by atoms with Crippen LogP contribution in [-0.4, -0.2) is 79.3 Å². The van der Waals surface area contributed by atoms with Crippen LogP contribution in [0.15, 0.2) is 36.4 Å². The summed E-state index contributed by atoms with van der Waals surface area (Å²) in [4.78, 5) is 54.5. The summed E-state index contributed by atoms with van der Waals surface area (Å²) in [6.07, 6.45) is 7.17. The quantitative estimate of drug-likeness (QED) is 0.607. The van der Waals surface area contributed by atoms with Crippen molar-refractivity contribution in [3.05, 3.63) is 42.0 Å². The van der Waals surface area contributed by atoms with Gasteiger partial charge in [-0.25, -0.2) is 0 Å². The second kappa shape index (κ2) is 11.1. The number of para-hydroxylation sites is 1. The second-order valence-corrected chi connectivity index (χ2v) is 10.1. The summed E-state index contributed by atoms with van der Waals surface area (Å²) in [7, 11) is 1.56. The number of carbonyl (C=O) groups is 4. The molecule has 9 nitrogen and oxygen atoms in total. The first-order valence-electron chi connectivity index (χ1n) is 12.7. The number of nitrogens with one attached hydrogen (secondary N) is 2. The highest BCUT2D eigenvalue weighted by Gasteiger charge is 2.41. The molecule has 2 fully saturated rings. The largest absolute Gasteiger partial charge is 0.496 e. The fourth-order valence-corrected chi connectivity index (χ4v) is 5.60. The molecule has 3 aliphatic rings. The summed E-state index contributed by atoms with van der Waals surface area (Å²) >= 11 is 0. The predicted octanol–water partition coefficient (Wildman–Crippen LogP) is 1.74. The molecule has 0 bridgehead atoms. The fraction of sp³-hybridized carbons (Fsp3) is 0.556. The molecule has 2 saturated heterocycles. The van der Waals surface area contributed by atoms with E-state index >= 15 is 0 Å². The zero-order valence-electron chi connectivity index (χ0n) is 21.1. The smallest absolute Gasteiger partial charge is 0.257 e. The Bertz CT molecular complexity index is 1030. The number of hydrogen-bond donors (Lipinski definition) is 2. The number of amides is 4. The molecule has 9 heteroatoms. The van der Waals surface area contributed by atoms with Gasteiger partial charge in [-0.3, -0.25) is 19.2 Å². The van der Waals surface area contributed by atoms with Gasteiger partial charge in [-0.1, -0.05) is 24.3 Å². The van der Waals surface area contributed by atoms with Crippen molar-refractivity contribution >= 4 is 23.6 Å². The van der Waals surface area contributed by atoms with Gasteiger partial charge in [0.1, 0.15) is 5.75 Å². The topological polar surface area (TPSA) is 108 Å². The summed E-state index contributed by atoms with van der Waals surface area (Å²) in [6, 6.07) is 7.14. The molecule has 1 aromatic carbocycles. The standard InChI is InChI=1S/C27H36N4O5/c1-19(32)30-15-12-27(13-16-30)11-6-5-7-20-18-31(25(34)21-8-3-4-9-23(21)36-2)14-10-22(20)29-24(33)17-28-26(27)35/h3-6,8-9,20,22H,7,10-18H2,1-2H3,(H,28,35)(H,29,33)/b6-5+/t20-,22+/m0/s1. The predicted molar refractivity (Wildman–Crippen MR) is 134 cm³/mol. The van der Waals surface area contributed by atoms with Gasteiger partial charge in [0.2, 0.25) is 17.7 Å². The van der Waals surface area contributed by atoms with E-state index in [4.69, 9.17) is 4.74 Å². The highest BCUT2D eigenvalue weighted by Crippen LogP contribution is 2.36. The van der Waals surface area contributed by atoms with Gasteiger partial charge in [-0.05, 0) is 44.2 Å². The third-order valence-corrected chi connectivity index (χ3v) is 7.88. The number of allylic oxidation sites excluding steroid dienone is 2. The minimum Gasteiger partial charge on any atom is -0.496 e. The number of carbonyl (C=O) groups excluding carboxylic acids is 4. The number of rotatable bonds is 2. The summed E-state index contributed by atoms with van der Waals surface area (Å²) in [5, 5.41) is 5.93. The molecule has 1 aromatic rings. The SMILES string of the molecule is COc1ccccc1C(=O)N1CC[C@H]2NC(=O)CNC(=O)C3(C/C=C/C[C@H]2C1)CCN(C(C)=O)CC3. The van der Waals surface area contributed by atoms with Crippen molar-refractivity contribution in [1.29, 1.82) is 0 Å². The highest BCUT2D eigenvalue weighted by atomic mass is 16.5. The third-order valence-electron chi connectivity index (χ3n) is 7.88. The molecular formula is C27H36N4O5. The third kappa shape index (κ3) is 5.55. The van der Waals surface area contributed by atoms with Gasteiger partial charge in [-0.2, -0.15) is 0 Å². The molecular weight excluding hydrogens is 460 g/mol. The molecule has 3 heterocycles. The van der Waals surface area contributed by atoms with Crippen molar-refractivity contribution in [1.82, 2.24) is 20.4 Å². The summed E-state index contributed by atoms with van der Waals surface area (Å²) < 4.78 is 5.38. The summed E-state index contributed by atoms with van der Waals surface area (Å²) in [6.45, 7) is 3.60. The molecule has 36 heavy (non-hydrogen) atoms. The molecule has 0 saturated carbocycles. The molecule has 194 valence electrons. The van der Waals surface area contributed by atoms with E-state index in [0.717, 1.165) is 0 Å². The van der Waals surface area contributed by atoms with Gasteiger partial charge in [0.25, 0.3) is 5.91 Å². The van der Waals surface area contributed by atoms with Gasteiger partial charge >= 0.3 is 0 Å². The Hall–Kier alpha value is -3.36. The molecule has 0 unspecified atom stereocenters. The Balaban J connectivity index is 1.48. The Morgan fingerprint density at radius 1 is 1.06 bits per heavy atom. The van der Waals surface area contributed by atoms with Gasteiger partial charge in [0, 0.05) is 45.1 Å². The number of benzene rings is 1. The minimum absolute atomic E-state index is 0.0175. The lowest BCUT2D eigenvalue weighted by molar-refractivity contribution is -0.140. The van der Waals surface area contributed by atoms with Crippen LogP contribution < -0.4 is 15.4 Å². The lowest BCUT2D eigenvalue weighted by Crippen LogP contribution is -2.55. The van der Waals surface area contributed by atoms with Crippen molar-refractivity contribution < 1.29 is 23.9 Å². The van der Waals surface area contributed by atoms with E-state index in [1.807, 2.05) is 17.0 Å². The van der Waals surface area contributed by atoms with Gasteiger partial charge in [0.15, 0.2) is 0 Å². The molecule has 0 aromatic heterocycles. The molecule has 1 spiro atoms. The first-order chi connectivity index (χ1) is 17.3. The Morgan fingerprint density at radius 3 is 2.53 bits per heavy atom. The maximum Gasteiger partial charge on any atom is 0.257 e. The van der Waals surface area contributed by atoms with Crippen LogP contribution in [0.25, 0.3) is 0 Å². The molecule has 0 radical (unpaired) electrons. The Morgan fingerprint density at radius 2 is 1.81 bits per heavy atom. The van der Waals surface area contributed by atoms with Crippen molar-refractivity contribution in [2.24, 2.45) is 11.3 Å². The van der Waals surface area contributed by atoms with E-state index in [2.05, 4.69) is 22.8 Å². The summed E-state index contributed by atoms with van der Waals surface area (Å²) in [5.41, 5.74) is -0.0903. The zero-order valence-corrected chi connectivity index (χ0v) is 21.1. The maximum atomic E-state index is 13.3. The van der Waals surface area contributed by atoms with Crippen LogP contribution in [-0.2, 0) is 14.4 Å². The van der Waals surface area contributed by atoms with Crippen LogP contribution in [0, 0.1) is 11.3 Å². The van der Waals surface area contributed by atoms with Crippen LogP contribution in [0.2, 0.25) is 0 Å². The Labute approximate surface area is 212 Å². The van der Waals surface area contributed by atoms with Crippen molar-refractivity contribution in [2.75, 3.05) is 39.8 Å². The van der Waals surface area contributed by atoms with Crippen LogP contribution >= 0.6 is 0 Å². The van der Waals surface area contributed by atoms with E-state index in [-0.39, 0.29) is 42.1 Å². The maximum absolute atomic E-state index is 13.3. The van der Waals surface area contributed by atoms with Crippen LogP contribution in [0.4, 0.5) is 0 Å².